The molecule has 0 fully saturated rings. The van der Waals surface area contributed by atoms with Crippen LogP contribution in [0.15, 0.2) is 30.3 Å². The second kappa shape index (κ2) is 5.28. The van der Waals surface area contributed by atoms with E-state index in [4.69, 9.17) is 5.26 Å². The summed E-state index contributed by atoms with van der Waals surface area (Å²) in [6.45, 7) is 4.55. The number of nitrogens with one attached hydrogen (secondary N) is 1. The lowest BCUT2D eigenvalue weighted by Gasteiger charge is -2.06. The Hall–Kier alpha value is -2.41. The van der Waals surface area contributed by atoms with Crippen molar-refractivity contribution < 1.29 is 0 Å². The number of hydrogen-bond acceptors (Lipinski definition) is 4. The van der Waals surface area contributed by atoms with Crippen LogP contribution in [0.25, 0.3) is 0 Å². The molecule has 1 aromatic heterocycles. The zero-order valence-corrected chi connectivity index (χ0v) is 10.4. The zero-order valence-electron chi connectivity index (χ0n) is 10.4. The van der Waals surface area contributed by atoms with Gasteiger partial charge >= 0.3 is 0 Å². The number of anilines is 1. The minimum absolute atomic E-state index is 0.383. The maximum absolute atomic E-state index is 8.83. The molecular formula is C14H14N4. The first-order valence-corrected chi connectivity index (χ1v) is 5.72. The van der Waals surface area contributed by atoms with Crippen molar-refractivity contribution in [3.8, 4) is 6.07 Å². The third kappa shape index (κ3) is 3.05. The molecule has 4 nitrogen and oxygen atoms in total. The average molecular weight is 238 g/mol. The Morgan fingerprint density at radius 3 is 2.56 bits per heavy atom. The van der Waals surface area contributed by atoms with Gasteiger partial charge in [-0.1, -0.05) is 29.8 Å². The lowest BCUT2D eigenvalue weighted by molar-refractivity contribution is 1.02. The van der Waals surface area contributed by atoms with Gasteiger partial charge in [0.25, 0.3) is 0 Å². The van der Waals surface area contributed by atoms with Crippen molar-refractivity contribution >= 4 is 5.95 Å². The molecule has 0 aliphatic heterocycles. The summed E-state index contributed by atoms with van der Waals surface area (Å²) >= 11 is 0. The van der Waals surface area contributed by atoms with Gasteiger partial charge in [0.2, 0.25) is 5.95 Å². The minimum Gasteiger partial charge on any atom is -0.350 e. The molecule has 0 amide bonds. The second-order valence-electron chi connectivity index (χ2n) is 4.17. The normalized spacial score (nSPS) is 9.83. The maximum atomic E-state index is 8.83. The first-order chi connectivity index (χ1) is 8.67. The summed E-state index contributed by atoms with van der Waals surface area (Å²) < 4.78 is 0. The number of hydrogen-bond donors (Lipinski definition) is 1. The standard InChI is InChI=1S/C14H14N4/c1-10-3-5-12(6-4-10)9-16-14-17-11(2)7-13(8-15)18-14/h3-7H,9H2,1-2H3,(H,16,17,18). The van der Waals surface area contributed by atoms with Gasteiger partial charge in [0.15, 0.2) is 0 Å². The number of aromatic nitrogens is 2. The van der Waals surface area contributed by atoms with E-state index in [1.807, 2.05) is 13.0 Å². The highest BCUT2D eigenvalue weighted by atomic mass is 15.1. The quantitative estimate of drug-likeness (QED) is 0.892. The van der Waals surface area contributed by atoms with Crippen LogP contribution in [-0.2, 0) is 6.54 Å². The molecule has 0 spiro atoms. The summed E-state index contributed by atoms with van der Waals surface area (Å²) in [5.41, 5.74) is 3.56. The van der Waals surface area contributed by atoms with Crippen LogP contribution in [0.2, 0.25) is 0 Å². The number of rotatable bonds is 3. The van der Waals surface area contributed by atoms with Gasteiger partial charge in [-0.05, 0) is 25.5 Å². The summed E-state index contributed by atoms with van der Waals surface area (Å²) in [5.74, 6) is 0.493. The van der Waals surface area contributed by atoms with Crippen molar-refractivity contribution in [2.24, 2.45) is 0 Å². The van der Waals surface area contributed by atoms with E-state index in [1.54, 1.807) is 6.07 Å². The van der Waals surface area contributed by atoms with Gasteiger partial charge in [-0.25, -0.2) is 9.97 Å². The molecule has 0 saturated heterocycles. The molecule has 1 aromatic carbocycles. The van der Waals surface area contributed by atoms with Gasteiger partial charge in [-0.3, -0.25) is 0 Å². The molecule has 0 radical (unpaired) electrons. The van der Waals surface area contributed by atoms with Crippen LogP contribution < -0.4 is 5.32 Å². The monoisotopic (exact) mass is 238 g/mol. The van der Waals surface area contributed by atoms with Gasteiger partial charge in [0, 0.05) is 12.2 Å². The van der Waals surface area contributed by atoms with Crippen LogP contribution in [0, 0.1) is 25.2 Å². The number of nitriles is 1. The van der Waals surface area contributed by atoms with E-state index in [1.165, 1.54) is 5.56 Å². The highest BCUT2D eigenvalue weighted by molar-refractivity contribution is 5.34. The minimum atomic E-state index is 0.383. The van der Waals surface area contributed by atoms with Gasteiger partial charge in [-0.15, -0.1) is 0 Å². The fraction of sp³-hybridized carbons (Fsp3) is 0.214. The first kappa shape index (κ1) is 12.1. The molecule has 1 N–H and O–H groups in total. The Labute approximate surface area is 106 Å². The van der Waals surface area contributed by atoms with E-state index in [9.17, 15) is 0 Å². The van der Waals surface area contributed by atoms with Crippen molar-refractivity contribution in [1.29, 1.82) is 5.26 Å². The van der Waals surface area contributed by atoms with Crippen molar-refractivity contribution in [2.45, 2.75) is 20.4 Å². The third-order valence-electron chi connectivity index (χ3n) is 2.54. The van der Waals surface area contributed by atoms with Crippen molar-refractivity contribution in [3.05, 3.63) is 52.8 Å². The molecule has 4 heteroatoms. The zero-order chi connectivity index (χ0) is 13.0. The highest BCUT2D eigenvalue weighted by Gasteiger charge is 2.01. The molecule has 2 aromatic rings. The van der Waals surface area contributed by atoms with E-state index in [2.05, 4.69) is 46.5 Å². The fourth-order valence-corrected chi connectivity index (χ4v) is 1.59. The van der Waals surface area contributed by atoms with E-state index < -0.39 is 0 Å². The molecule has 1 heterocycles. The van der Waals surface area contributed by atoms with Gasteiger partial charge < -0.3 is 5.32 Å². The predicted octanol–water partition coefficient (Wildman–Crippen LogP) is 2.58. The Bertz CT molecular complexity index is 582. The molecule has 0 unspecified atom stereocenters. The summed E-state index contributed by atoms with van der Waals surface area (Å²) in [7, 11) is 0. The summed E-state index contributed by atoms with van der Waals surface area (Å²) in [5, 5.41) is 12.0. The summed E-state index contributed by atoms with van der Waals surface area (Å²) in [6, 6.07) is 11.9. The number of nitrogens with zero attached hydrogens (tertiary/aromatic N) is 3. The Balaban J connectivity index is 2.08. The van der Waals surface area contributed by atoms with Crippen LogP contribution in [0.5, 0.6) is 0 Å². The second-order valence-corrected chi connectivity index (χ2v) is 4.17. The van der Waals surface area contributed by atoms with Crippen LogP contribution >= 0.6 is 0 Å². The average Bonchev–Trinajstić information content (AvgIpc) is 2.37. The van der Waals surface area contributed by atoms with E-state index in [0.29, 0.717) is 18.2 Å². The Morgan fingerprint density at radius 2 is 1.89 bits per heavy atom. The Morgan fingerprint density at radius 1 is 1.17 bits per heavy atom. The van der Waals surface area contributed by atoms with Crippen molar-refractivity contribution in [1.82, 2.24) is 9.97 Å². The van der Waals surface area contributed by atoms with Crippen LogP contribution in [0.1, 0.15) is 22.5 Å². The highest BCUT2D eigenvalue weighted by Crippen LogP contribution is 2.07. The molecule has 18 heavy (non-hydrogen) atoms. The lowest BCUT2D eigenvalue weighted by atomic mass is 10.1. The van der Waals surface area contributed by atoms with Gasteiger partial charge in [0.1, 0.15) is 11.8 Å². The third-order valence-corrected chi connectivity index (χ3v) is 2.54. The van der Waals surface area contributed by atoms with Crippen LogP contribution in [-0.4, -0.2) is 9.97 Å². The van der Waals surface area contributed by atoms with Crippen molar-refractivity contribution in [2.75, 3.05) is 5.32 Å². The molecule has 0 atom stereocenters. The number of benzene rings is 1. The summed E-state index contributed by atoms with van der Waals surface area (Å²) in [6.07, 6.45) is 0. The smallest absolute Gasteiger partial charge is 0.224 e. The maximum Gasteiger partial charge on any atom is 0.224 e. The van der Waals surface area contributed by atoms with Crippen LogP contribution in [0.3, 0.4) is 0 Å². The SMILES string of the molecule is Cc1ccc(CNc2nc(C)cc(C#N)n2)cc1. The molecule has 0 aliphatic carbocycles. The lowest BCUT2D eigenvalue weighted by Crippen LogP contribution is -2.05. The fourth-order valence-electron chi connectivity index (χ4n) is 1.59. The van der Waals surface area contributed by atoms with Crippen LogP contribution in [0.4, 0.5) is 5.95 Å². The van der Waals surface area contributed by atoms with E-state index in [0.717, 1.165) is 11.3 Å². The summed E-state index contributed by atoms with van der Waals surface area (Å²) in [4.78, 5) is 8.34. The topological polar surface area (TPSA) is 61.6 Å². The largest absolute Gasteiger partial charge is 0.350 e. The predicted molar refractivity (Wildman–Crippen MR) is 70.0 cm³/mol. The number of aryl methyl sites for hydroxylation is 2. The molecule has 0 bridgehead atoms. The molecule has 0 saturated carbocycles. The van der Waals surface area contributed by atoms with E-state index in [-0.39, 0.29) is 0 Å². The van der Waals surface area contributed by atoms with Gasteiger partial charge in [0.05, 0.1) is 0 Å². The van der Waals surface area contributed by atoms with Gasteiger partial charge in [-0.2, -0.15) is 5.26 Å². The molecule has 90 valence electrons. The van der Waals surface area contributed by atoms with Crippen molar-refractivity contribution in [3.63, 3.8) is 0 Å². The molecular weight excluding hydrogens is 224 g/mol. The first-order valence-electron chi connectivity index (χ1n) is 5.72. The Kier molecular flexibility index (Phi) is 3.54. The molecule has 2 rings (SSSR count). The van der Waals surface area contributed by atoms with E-state index >= 15 is 0 Å². The molecule has 0 aliphatic rings.